The normalized spacial score (nSPS) is 11.8. The molecule has 4 nitrogen and oxygen atoms in total. The van der Waals surface area contributed by atoms with E-state index in [9.17, 15) is 9.59 Å². The van der Waals surface area contributed by atoms with Gasteiger partial charge in [0.05, 0.1) is 6.04 Å². The molecule has 0 aliphatic carbocycles. The summed E-state index contributed by atoms with van der Waals surface area (Å²) in [5.74, 6) is -0.749. The van der Waals surface area contributed by atoms with Crippen LogP contribution < -0.4 is 5.32 Å². The molecule has 1 heterocycles. The molecule has 0 radical (unpaired) electrons. The van der Waals surface area contributed by atoms with Gasteiger partial charge < -0.3 is 10.1 Å². The first kappa shape index (κ1) is 17.2. The second-order valence-corrected chi connectivity index (χ2v) is 6.71. The average molecular weight is 331 g/mol. The summed E-state index contributed by atoms with van der Waals surface area (Å²) in [7, 11) is 0. The standard InChI is InChI=1S/C18H21NO3S/c1-4-15(14-8-5-12(2)6-9-14)19-17(20)11-22-18(21)16-10-7-13(3)23-16/h5-10,15H,4,11H2,1-3H3,(H,19,20)/t15-/m1/s1. The topological polar surface area (TPSA) is 55.4 Å². The summed E-state index contributed by atoms with van der Waals surface area (Å²) in [5.41, 5.74) is 2.22. The van der Waals surface area contributed by atoms with Crippen LogP contribution in [-0.4, -0.2) is 18.5 Å². The average Bonchev–Trinajstić information content (AvgIpc) is 2.98. The largest absolute Gasteiger partial charge is 0.451 e. The maximum absolute atomic E-state index is 12.0. The molecule has 0 aliphatic rings. The molecule has 1 amide bonds. The molecule has 0 bridgehead atoms. The molecule has 0 unspecified atom stereocenters. The number of ether oxygens (including phenoxy) is 1. The Kier molecular flexibility index (Phi) is 5.93. The number of benzene rings is 1. The van der Waals surface area contributed by atoms with Gasteiger partial charge in [0.1, 0.15) is 4.88 Å². The summed E-state index contributed by atoms with van der Waals surface area (Å²) in [6.07, 6.45) is 0.771. The monoisotopic (exact) mass is 331 g/mol. The fourth-order valence-corrected chi connectivity index (χ4v) is 2.96. The molecule has 1 aromatic carbocycles. The van der Waals surface area contributed by atoms with Gasteiger partial charge >= 0.3 is 5.97 Å². The number of hydrogen-bond acceptors (Lipinski definition) is 4. The molecule has 0 saturated heterocycles. The fraction of sp³-hybridized carbons (Fsp3) is 0.333. The van der Waals surface area contributed by atoms with Gasteiger partial charge in [-0.2, -0.15) is 0 Å². The van der Waals surface area contributed by atoms with Crippen LogP contribution in [0.15, 0.2) is 36.4 Å². The van der Waals surface area contributed by atoms with Crippen molar-refractivity contribution in [3.63, 3.8) is 0 Å². The van der Waals surface area contributed by atoms with Gasteiger partial charge in [-0.3, -0.25) is 4.79 Å². The highest BCUT2D eigenvalue weighted by molar-refractivity contribution is 7.13. The maximum Gasteiger partial charge on any atom is 0.348 e. The molecule has 0 aliphatic heterocycles. The maximum atomic E-state index is 12.0. The Hall–Kier alpha value is -2.14. The number of rotatable bonds is 6. The van der Waals surface area contributed by atoms with Crippen molar-refractivity contribution in [3.8, 4) is 0 Å². The van der Waals surface area contributed by atoms with E-state index in [2.05, 4.69) is 5.32 Å². The van der Waals surface area contributed by atoms with Crippen molar-refractivity contribution in [2.24, 2.45) is 0 Å². The van der Waals surface area contributed by atoms with Crippen molar-refractivity contribution in [1.29, 1.82) is 0 Å². The quantitative estimate of drug-likeness (QED) is 0.819. The molecule has 0 fully saturated rings. The zero-order valence-corrected chi connectivity index (χ0v) is 14.4. The fourth-order valence-electron chi connectivity index (χ4n) is 2.20. The predicted molar refractivity (Wildman–Crippen MR) is 91.7 cm³/mol. The van der Waals surface area contributed by atoms with Gasteiger partial charge in [-0.05, 0) is 38.0 Å². The van der Waals surface area contributed by atoms with E-state index in [0.29, 0.717) is 4.88 Å². The van der Waals surface area contributed by atoms with Gasteiger partial charge in [-0.25, -0.2) is 4.79 Å². The van der Waals surface area contributed by atoms with Crippen LogP contribution in [0.2, 0.25) is 0 Å². The van der Waals surface area contributed by atoms with Crippen LogP contribution in [0.5, 0.6) is 0 Å². The summed E-state index contributed by atoms with van der Waals surface area (Å²) in [6, 6.07) is 11.5. The SMILES string of the molecule is CC[C@@H](NC(=O)COC(=O)c1ccc(C)s1)c1ccc(C)cc1. The number of carbonyl (C=O) groups is 2. The number of amides is 1. The van der Waals surface area contributed by atoms with Gasteiger partial charge in [0, 0.05) is 4.88 Å². The summed E-state index contributed by atoms with van der Waals surface area (Å²) in [6.45, 7) is 5.68. The second kappa shape index (κ2) is 7.92. The molecule has 23 heavy (non-hydrogen) atoms. The van der Waals surface area contributed by atoms with Crippen molar-refractivity contribution >= 4 is 23.2 Å². The van der Waals surface area contributed by atoms with Crippen LogP contribution in [0.3, 0.4) is 0 Å². The van der Waals surface area contributed by atoms with Crippen LogP contribution in [0.25, 0.3) is 0 Å². The van der Waals surface area contributed by atoms with Gasteiger partial charge in [0.2, 0.25) is 0 Å². The smallest absolute Gasteiger partial charge is 0.348 e. The minimum absolute atomic E-state index is 0.0780. The summed E-state index contributed by atoms with van der Waals surface area (Å²) < 4.78 is 5.06. The Morgan fingerprint density at radius 2 is 1.83 bits per heavy atom. The van der Waals surface area contributed by atoms with E-state index in [4.69, 9.17) is 4.74 Å². The first-order chi connectivity index (χ1) is 11.0. The van der Waals surface area contributed by atoms with E-state index >= 15 is 0 Å². The zero-order valence-electron chi connectivity index (χ0n) is 13.6. The van der Waals surface area contributed by atoms with E-state index in [1.165, 1.54) is 16.9 Å². The van der Waals surface area contributed by atoms with Crippen LogP contribution in [0.1, 0.15) is 45.1 Å². The van der Waals surface area contributed by atoms with Crippen molar-refractivity contribution in [1.82, 2.24) is 5.32 Å². The van der Waals surface area contributed by atoms with Crippen molar-refractivity contribution < 1.29 is 14.3 Å². The lowest BCUT2D eigenvalue weighted by Gasteiger charge is -2.17. The third-order valence-electron chi connectivity index (χ3n) is 3.50. The minimum Gasteiger partial charge on any atom is -0.451 e. The molecule has 1 atom stereocenters. The van der Waals surface area contributed by atoms with E-state index in [1.54, 1.807) is 6.07 Å². The first-order valence-electron chi connectivity index (χ1n) is 7.59. The molecule has 2 rings (SSSR count). The van der Waals surface area contributed by atoms with Gasteiger partial charge in [0.25, 0.3) is 5.91 Å². The number of carbonyl (C=O) groups excluding carboxylic acids is 2. The van der Waals surface area contributed by atoms with Gasteiger partial charge in [0.15, 0.2) is 6.61 Å². The Bertz CT molecular complexity index is 676. The van der Waals surface area contributed by atoms with Crippen molar-refractivity contribution in [3.05, 3.63) is 57.3 Å². The Morgan fingerprint density at radius 1 is 1.13 bits per heavy atom. The number of hydrogen-bond donors (Lipinski definition) is 1. The summed E-state index contributed by atoms with van der Waals surface area (Å²) in [5, 5.41) is 2.90. The van der Waals surface area contributed by atoms with E-state index in [0.717, 1.165) is 16.9 Å². The van der Waals surface area contributed by atoms with Gasteiger partial charge in [-0.1, -0.05) is 36.8 Å². The van der Waals surface area contributed by atoms with Crippen molar-refractivity contribution in [2.45, 2.75) is 33.2 Å². The molecule has 0 spiro atoms. The highest BCUT2D eigenvalue weighted by Crippen LogP contribution is 2.18. The molecule has 122 valence electrons. The van der Waals surface area contributed by atoms with Crippen molar-refractivity contribution in [2.75, 3.05) is 6.61 Å². The predicted octanol–water partition coefficient (Wildman–Crippen LogP) is 3.79. The second-order valence-electron chi connectivity index (χ2n) is 5.43. The lowest BCUT2D eigenvalue weighted by molar-refractivity contribution is -0.125. The first-order valence-corrected chi connectivity index (χ1v) is 8.40. The molecule has 5 heteroatoms. The lowest BCUT2D eigenvalue weighted by atomic mass is 10.0. The van der Waals surface area contributed by atoms with E-state index < -0.39 is 5.97 Å². The third kappa shape index (κ3) is 4.93. The molecule has 1 N–H and O–H groups in total. The number of thiophene rings is 1. The lowest BCUT2D eigenvalue weighted by Crippen LogP contribution is -2.32. The third-order valence-corrected chi connectivity index (χ3v) is 4.48. The molecule has 0 saturated carbocycles. The Labute approximate surface area is 140 Å². The Balaban J connectivity index is 1.87. The Morgan fingerprint density at radius 3 is 2.39 bits per heavy atom. The van der Waals surface area contributed by atoms with E-state index in [1.807, 2.05) is 51.1 Å². The van der Waals surface area contributed by atoms with Crippen LogP contribution in [0, 0.1) is 13.8 Å². The minimum atomic E-state index is -0.457. The zero-order chi connectivity index (χ0) is 16.8. The van der Waals surface area contributed by atoms with Crippen LogP contribution >= 0.6 is 11.3 Å². The van der Waals surface area contributed by atoms with Gasteiger partial charge in [-0.15, -0.1) is 11.3 Å². The molecule has 2 aromatic rings. The number of nitrogens with one attached hydrogen (secondary N) is 1. The molecular weight excluding hydrogens is 310 g/mol. The van der Waals surface area contributed by atoms with E-state index in [-0.39, 0.29) is 18.6 Å². The molecule has 1 aromatic heterocycles. The number of esters is 1. The summed E-state index contributed by atoms with van der Waals surface area (Å²) >= 11 is 1.36. The highest BCUT2D eigenvalue weighted by atomic mass is 32.1. The number of aryl methyl sites for hydroxylation is 2. The van der Waals surface area contributed by atoms with Crippen LogP contribution in [-0.2, 0) is 9.53 Å². The highest BCUT2D eigenvalue weighted by Gasteiger charge is 2.15. The summed E-state index contributed by atoms with van der Waals surface area (Å²) in [4.78, 5) is 25.4. The van der Waals surface area contributed by atoms with Crippen LogP contribution in [0.4, 0.5) is 0 Å². The molecular formula is C18H21NO3S.